The maximum atomic E-state index is 13.2. The van der Waals surface area contributed by atoms with Gasteiger partial charge in [-0.05, 0) is 75.4 Å². The highest BCUT2D eigenvalue weighted by Crippen LogP contribution is 2.57. The molecule has 2 aliphatic carbocycles. The van der Waals surface area contributed by atoms with Crippen molar-refractivity contribution in [2.24, 2.45) is 0 Å². The number of carbonyl (C=O) groups excluding carboxylic acids is 1. The van der Waals surface area contributed by atoms with Crippen LogP contribution in [0.5, 0.6) is 0 Å². The van der Waals surface area contributed by atoms with Crippen molar-refractivity contribution in [3.63, 3.8) is 0 Å². The van der Waals surface area contributed by atoms with Gasteiger partial charge in [-0.25, -0.2) is 4.98 Å². The van der Waals surface area contributed by atoms with Crippen LogP contribution in [-0.4, -0.2) is 29.0 Å². The number of carbonyl (C=O) groups is 1. The first-order chi connectivity index (χ1) is 13.6. The highest BCUT2D eigenvalue weighted by molar-refractivity contribution is 7.97. The van der Waals surface area contributed by atoms with Crippen molar-refractivity contribution >= 4 is 35.3 Å². The molecule has 1 spiro atoms. The number of hydrogen-bond donors (Lipinski definition) is 2. The van der Waals surface area contributed by atoms with Crippen LogP contribution in [0, 0.1) is 6.92 Å². The summed E-state index contributed by atoms with van der Waals surface area (Å²) < 4.78 is 3.09. The largest absolute Gasteiger partial charge is 0.324 e. The molecule has 0 atom stereocenters. The van der Waals surface area contributed by atoms with Gasteiger partial charge >= 0.3 is 0 Å². The van der Waals surface area contributed by atoms with E-state index in [2.05, 4.69) is 34.1 Å². The summed E-state index contributed by atoms with van der Waals surface area (Å²) >= 11 is 1.59. The van der Waals surface area contributed by atoms with Crippen molar-refractivity contribution in [3.8, 4) is 0 Å². The van der Waals surface area contributed by atoms with Crippen molar-refractivity contribution < 1.29 is 4.79 Å². The van der Waals surface area contributed by atoms with E-state index in [-0.39, 0.29) is 11.3 Å². The molecule has 0 unspecified atom stereocenters. The minimum absolute atomic E-state index is 0.255. The molecule has 7 heteroatoms. The molecule has 0 saturated heterocycles. The lowest BCUT2D eigenvalue weighted by molar-refractivity contribution is -0.120. The average molecular weight is 396 g/mol. The first kappa shape index (κ1) is 17.9. The second kappa shape index (κ2) is 6.74. The minimum Gasteiger partial charge on any atom is -0.324 e. The van der Waals surface area contributed by atoms with E-state index in [1.165, 1.54) is 12.8 Å². The maximum Gasteiger partial charge on any atom is 0.239 e. The summed E-state index contributed by atoms with van der Waals surface area (Å²) in [6.45, 7) is 2.07. The van der Waals surface area contributed by atoms with Gasteiger partial charge in [-0.15, -0.1) is 0 Å². The van der Waals surface area contributed by atoms with Crippen molar-refractivity contribution in [1.82, 2.24) is 14.7 Å². The van der Waals surface area contributed by atoms with E-state index >= 15 is 0 Å². The zero-order chi connectivity index (χ0) is 19.3. The minimum atomic E-state index is -0.321. The number of benzene rings is 1. The molecule has 0 bridgehead atoms. The van der Waals surface area contributed by atoms with Crippen LogP contribution in [0.25, 0.3) is 0 Å². The number of rotatable bonds is 5. The van der Waals surface area contributed by atoms with Crippen LogP contribution in [0.15, 0.2) is 29.3 Å². The molecule has 1 aromatic heterocycles. The Bertz CT molecular complexity index is 936. The summed E-state index contributed by atoms with van der Waals surface area (Å²) in [7, 11) is 1.91. The molecule has 146 valence electrons. The molecular weight excluding hydrogens is 370 g/mol. The van der Waals surface area contributed by atoms with Crippen LogP contribution in [0.1, 0.15) is 49.7 Å². The van der Waals surface area contributed by atoms with Crippen LogP contribution in [-0.2, 0) is 10.2 Å². The molecule has 28 heavy (non-hydrogen) atoms. The fourth-order valence-electron chi connectivity index (χ4n) is 4.58. The predicted molar refractivity (Wildman–Crippen MR) is 112 cm³/mol. The highest BCUT2D eigenvalue weighted by Gasteiger charge is 2.61. The molecule has 5 rings (SSSR count). The van der Waals surface area contributed by atoms with E-state index < -0.39 is 0 Å². The summed E-state index contributed by atoms with van der Waals surface area (Å²) in [6, 6.07) is 6.55. The SMILES string of the molecule is CNSc1ccc(Nc2ncc3c(n2)N(C2CCCC2)C(=O)C32CC2)c(C)c1. The van der Waals surface area contributed by atoms with Crippen molar-refractivity contribution in [2.45, 2.75) is 61.8 Å². The van der Waals surface area contributed by atoms with Crippen molar-refractivity contribution in [3.05, 3.63) is 35.5 Å². The summed E-state index contributed by atoms with van der Waals surface area (Å²) in [5, 5.41) is 3.36. The highest BCUT2D eigenvalue weighted by atomic mass is 32.2. The van der Waals surface area contributed by atoms with Gasteiger partial charge in [-0.2, -0.15) is 4.98 Å². The Kier molecular flexibility index (Phi) is 4.32. The summed E-state index contributed by atoms with van der Waals surface area (Å²) in [5.41, 5.74) is 2.83. The molecule has 1 amide bonds. The number of fused-ring (bicyclic) bond motifs is 2. The third-order valence-electron chi connectivity index (χ3n) is 6.24. The van der Waals surface area contributed by atoms with Crippen LogP contribution < -0.4 is 14.9 Å². The van der Waals surface area contributed by atoms with E-state index in [4.69, 9.17) is 4.98 Å². The van der Waals surface area contributed by atoms with Gasteiger partial charge in [0.15, 0.2) is 0 Å². The Hall–Kier alpha value is -2.12. The normalized spacial score (nSPS) is 20.1. The number of anilines is 3. The molecule has 2 heterocycles. The van der Waals surface area contributed by atoms with E-state index in [0.717, 1.165) is 53.2 Å². The number of aryl methyl sites for hydroxylation is 1. The van der Waals surface area contributed by atoms with Crippen LogP contribution >= 0.6 is 11.9 Å². The smallest absolute Gasteiger partial charge is 0.239 e. The molecule has 2 saturated carbocycles. The number of hydrogen-bond acceptors (Lipinski definition) is 6. The lowest BCUT2D eigenvalue weighted by Gasteiger charge is -2.24. The third-order valence-corrected chi connectivity index (χ3v) is 6.94. The quantitative estimate of drug-likeness (QED) is 0.744. The molecule has 6 nitrogen and oxygen atoms in total. The van der Waals surface area contributed by atoms with E-state index in [1.807, 2.05) is 24.2 Å². The third kappa shape index (κ3) is 2.79. The van der Waals surface area contributed by atoms with Crippen molar-refractivity contribution in [1.29, 1.82) is 0 Å². The van der Waals surface area contributed by atoms with Gasteiger partial charge in [-0.3, -0.25) is 14.4 Å². The van der Waals surface area contributed by atoms with E-state index in [0.29, 0.717) is 12.0 Å². The van der Waals surface area contributed by atoms with Crippen LogP contribution in [0.4, 0.5) is 17.5 Å². The molecule has 1 aromatic carbocycles. The van der Waals surface area contributed by atoms with Gasteiger partial charge in [0.25, 0.3) is 0 Å². The average Bonchev–Trinajstić information content (AvgIpc) is 3.25. The van der Waals surface area contributed by atoms with Gasteiger partial charge in [0.2, 0.25) is 11.9 Å². The zero-order valence-corrected chi connectivity index (χ0v) is 17.1. The second-order valence-electron chi connectivity index (χ2n) is 8.03. The monoisotopic (exact) mass is 395 g/mol. The summed E-state index contributed by atoms with van der Waals surface area (Å²) in [6.07, 6.45) is 8.30. The van der Waals surface area contributed by atoms with E-state index in [1.54, 1.807) is 11.9 Å². The lowest BCUT2D eigenvalue weighted by Crippen LogP contribution is -2.39. The van der Waals surface area contributed by atoms with Gasteiger partial charge in [-0.1, -0.05) is 12.8 Å². The Morgan fingerprint density at radius 2 is 2.04 bits per heavy atom. The summed E-state index contributed by atoms with van der Waals surface area (Å²) in [4.78, 5) is 25.7. The van der Waals surface area contributed by atoms with Gasteiger partial charge in [0.1, 0.15) is 5.82 Å². The Morgan fingerprint density at radius 3 is 2.71 bits per heavy atom. The van der Waals surface area contributed by atoms with Crippen molar-refractivity contribution in [2.75, 3.05) is 17.3 Å². The fourth-order valence-corrected chi connectivity index (χ4v) is 5.19. The zero-order valence-electron chi connectivity index (χ0n) is 16.3. The Balaban J connectivity index is 1.46. The fraction of sp³-hybridized carbons (Fsp3) is 0.476. The summed E-state index contributed by atoms with van der Waals surface area (Å²) in [5.74, 6) is 1.65. The Labute approximate surface area is 169 Å². The second-order valence-corrected chi connectivity index (χ2v) is 9.12. The number of aromatic nitrogens is 2. The first-order valence-electron chi connectivity index (χ1n) is 10.0. The number of nitrogens with zero attached hydrogens (tertiary/aromatic N) is 3. The Morgan fingerprint density at radius 1 is 1.25 bits per heavy atom. The van der Waals surface area contributed by atoms with E-state index in [9.17, 15) is 4.79 Å². The van der Waals surface area contributed by atoms with Crippen LogP contribution in [0.2, 0.25) is 0 Å². The molecule has 3 aliphatic rings. The standard InChI is InChI=1S/C21H25N5OS/c1-13-11-15(28-22-2)7-8-17(13)24-20-23-12-16-18(25-20)26(14-5-3-4-6-14)19(27)21(16)9-10-21/h7-8,11-12,14,22H,3-6,9-10H2,1-2H3,(H,23,24,25). The first-order valence-corrected chi connectivity index (χ1v) is 10.9. The molecular formula is C21H25N5OS. The molecule has 2 aromatic rings. The molecule has 2 N–H and O–H groups in total. The van der Waals surface area contributed by atoms with Gasteiger partial charge in [0.05, 0.1) is 5.41 Å². The van der Waals surface area contributed by atoms with Gasteiger partial charge in [0, 0.05) is 28.4 Å². The lowest BCUT2D eigenvalue weighted by atomic mass is 10.0. The predicted octanol–water partition coefficient (Wildman–Crippen LogP) is 4.08. The molecule has 2 fully saturated rings. The topological polar surface area (TPSA) is 70.2 Å². The number of amides is 1. The number of nitrogens with one attached hydrogen (secondary N) is 2. The van der Waals surface area contributed by atoms with Gasteiger partial charge < -0.3 is 5.32 Å². The maximum absolute atomic E-state index is 13.2. The molecule has 0 radical (unpaired) electrons. The molecule has 1 aliphatic heterocycles. The van der Waals surface area contributed by atoms with Crippen LogP contribution in [0.3, 0.4) is 0 Å².